The molecule has 2 rings (SSSR count). The molecule has 0 aromatic carbocycles. The molecule has 47 heavy (non-hydrogen) atoms. The lowest BCUT2D eigenvalue weighted by atomic mass is 9.96. The number of nitrogens with one attached hydrogen (secondary N) is 3. The Balaban J connectivity index is 2.17. The SMILES string of the molecule is C/C=C(\NC(=O)[C@@H]1CCCN1C(=O)[C@@H]1CCCCN1C(=O)[C@@H](NC(=O)[C@@H](N)[C@H](C)CCN=C(N)N)[C@@H](C)N)C(=O)N[C@@H](CO)C(=O)O. The Bertz CT molecular complexity index is 1220. The van der Waals surface area contributed by atoms with E-state index in [1.807, 2.05) is 0 Å². The summed E-state index contributed by atoms with van der Waals surface area (Å²) in [4.78, 5) is 84.6. The number of piperidine rings is 1. The number of rotatable bonds is 15. The van der Waals surface area contributed by atoms with E-state index in [0.717, 1.165) is 0 Å². The first-order valence-electron chi connectivity index (χ1n) is 15.7. The summed E-state index contributed by atoms with van der Waals surface area (Å²) >= 11 is 0. The Morgan fingerprint density at radius 2 is 1.60 bits per heavy atom. The number of aliphatic hydroxyl groups excluding tert-OH is 1. The maximum Gasteiger partial charge on any atom is 0.328 e. The van der Waals surface area contributed by atoms with Gasteiger partial charge in [-0.2, -0.15) is 0 Å². The van der Waals surface area contributed by atoms with Crippen LogP contribution in [0.15, 0.2) is 16.8 Å². The molecule has 2 fully saturated rings. The number of hydrogen-bond donors (Lipinski definition) is 9. The molecule has 2 heterocycles. The van der Waals surface area contributed by atoms with Crippen molar-refractivity contribution in [3.63, 3.8) is 0 Å². The Hall–Kier alpha value is -4.29. The van der Waals surface area contributed by atoms with Crippen molar-refractivity contribution in [3.8, 4) is 0 Å². The molecule has 13 N–H and O–H groups in total. The highest BCUT2D eigenvalue weighted by molar-refractivity contribution is 6.01. The third-order valence-corrected chi connectivity index (χ3v) is 8.37. The van der Waals surface area contributed by atoms with Crippen LogP contribution >= 0.6 is 0 Å². The second kappa shape index (κ2) is 18.2. The van der Waals surface area contributed by atoms with Gasteiger partial charge in [-0.3, -0.25) is 29.0 Å². The number of aliphatic hydroxyl groups is 1. The molecule has 7 atom stereocenters. The number of aliphatic imine (C=N–C) groups is 1. The van der Waals surface area contributed by atoms with E-state index in [2.05, 4.69) is 20.9 Å². The summed E-state index contributed by atoms with van der Waals surface area (Å²) in [6.07, 6.45) is 4.07. The second-order valence-corrected chi connectivity index (χ2v) is 11.9. The maximum absolute atomic E-state index is 13.9. The van der Waals surface area contributed by atoms with Gasteiger partial charge in [0.25, 0.3) is 5.91 Å². The van der Waals surface area contributed by atoms with Crippen molar-refractivity contribution in [1.29, 1.82) is 0 Å². The van der Waals surface area contributed by atoms with Gasteiger partial charge in [0.2, 0.25) is 23.6 Å². The molecule has 0 radical (unpaired) electrons. The number of guanidine groups is 1. The molecule has 0 bridgehead atoms. The van der Waals surface area contributed by atoms with Crippen molar-refractivity contribution < 1.29 is 39.0 Å². The predicted octanol–water partition coefficient (Wildman–Crippen LogP) is -3.60. The zero-order valence-corrected chi connectivity index (χ0v) is 27.2. The number of hydrogen-bond acceptors (Lipinski definition) is 10. The van der Waals surface area contributed by atoms with Crippen LogP contribution in [0.25, 0.3) is 0 Å². The maximum atomic E-state index is 13.9. The highest BCUT2D eigenvalue weighted by Crippen LogP contribution is 2.26. The minimum atomic E-state index is -1.58. The fourth-order valence-corrected chi connectivity index (χ4v) is 5.53. The summed E-state index contributed by atoms with van der Waals surface area (Å²) < 4.78 is 0. The number of nitrogens with two attached hydrogens (primary N) is 4. The molecule has 2 aliphatic heterocycles. The zero-order chi connectivity index (χ0) is 35.4. The van der Waals surface area contributed by atoms with Gasteiger partial charge < -0.3 is 58.9 Å². The van der Waals surface area contributed by atoms with Crippen LogP contribution in [-0.4, -0.2) is 124 Å². The van der Waals surface area contributed by atoms with Gasteiger partial charge >= 0.3 is 5.97 Å². The molecule has 5 amide bonds. The predicted molar refractivity (Wildman–Crippen MR) is 171 cm³/mol. The van der Waals surface area contributed by atoms with Crippen LogP contribution in [0.5, 0.6) is 0 Å². The van der Waals surface area contributed by atoms with Crippen LogP contribution in [0.2, 0.25) is 0 Å². The van der Waals surface area contributed by atoms with E-state index < -0.39 is 78.4 Å². The minimum absolute atomic E-state index is 0.0794. The van der Waals surface area contributed by atoms with Crippen LogP contribution in [-0.2, 0) is 28.8 Å². The molecule has 2 saturated heterocycles. The first kappa shape index (κ1) is 38.9. The largest absolute Gasteiger partial charge is 0.480 e. The monoisotopic (exact) mass is 666 g/mol. The lowest BCUT2D eigenvalue weighted by Crippen LogP contribution is -2.63. The van der Waals surface area contributed by atoms with E-state index >= 15 is 0 Å². The lowest BCUT2D eigenvalue weighted by molar-refractivity contribution is -0.151. The molecule has 18 heteroatoms. The number of carboxylic acids is 1. The highest BCUT2D eigenvalue weighted by Gasteiger charge is 2.43. The van der Waals surface area contributed by atoms with Gasteiger partial charge in [0.05, 0.1) is 12.6 Å². The van der Waals surface area contributed by atoms with E-state index in [1.165, 1.54) is 22.8 Å². The number of carbonyl (C=O) groups excluding carboxylic acids is 5. The number of carbonyl (C=O) groups is 6. The number of carboxylic acid groups (broad SMARTS) is 1. The standard InChI is InChI=1S/C29H50N10O8/c1-4-17(23(41)36-18(14-40)28(46)47)35-24(42)19-9-7-13-38(19)26(44)20-8-5-6-12-39(20)27(45)22(16(3)30)37-25(43)21(31)15(2)10-11-34-29(32)33/h4,15-16,18-22,40H,5-14,30-31H2,1-3H3,(H,35,42)(H,36,41)(H,37,43)(H,46,47)(H4,32,33,34)/b17-4-/t15-,16-,18+,19+,20+,21+,22+/m1/s1. The van der Waals surface area contributed by atoms with Gasteiger partial charge in [-0.15, -0.1) is 0 Å². The van der Waals surface area contributed by atoms with Crippen LogP contribution in [0.4, 0.5) is 0 Å². The van der Waals surface area contributed by atoms with Crippen molar-refractivity contribution in [2.45, 2.75) is 95.5 Å². The van der Waals surface area contributed by atoms with Crippen molar-refractivity contribution in [3.05, 3.63) is 11.8 Å². The normalized spacial score (nSPS) is 21.4. The average molecular weight is 667 g/mol. The molecule has 0 spiro atoms. The topological polar surface area (TPSA) is 302 Å². The molecular formula is C29H50N10O8. The lowest BCUT2D eigenvalue weighted by Gasteiger charge is -2.40. The van der Waals surface area contributed by atoms with E-state index in [0.29, 0.717) is 38.5 Å². The number of nitrogens with zero attached hydrogens (tertiary/aromatic N) is 3. The Kier molecular flexibility index (Phi) is 15.0. The van der Waals surface area contributed by atoms with Crippen molar-refractivity contribution in [1.82, 2.24) is 25.8 Å². The Labute approximate surface area is 273 Å². The van der Waals surface area contributed by atoms with Gasteiger partial charge in [-0.05, 0) is 58.3 Å². The summed E-state index contributed by atoms with van der Waals surface area (Å²) in [6.45, 7) is 4.66. The highest BCUT2D eigenvalue weighted by atomic mass is 16.4. The first-order chi connectivity index (χ1) is 22.1. The summed E-state index contributed by atoms with van der Waals surface area (Å²) in [6, 6.07) is -6.43. The molecular weight excluding hydrogens is 616 g/mol. The molecule has 0 aromatic rings. The molecule has 0 aromatic heterocycles. The van der Waals surface area contributed by atoms with E-state index in [9.17, 15) is 33.9 Å². The third-order valence-electron chi connectivity index (χ3n) is 8.37. The van der Waals surface area contributed by atoms with Crippen LogP contribution in [0, 0.1) is 5.92 Å². The first-order valence-corrected chi connectivity index (χ1v) is 15.7. The third kappa shape index (κ3) is 10.6. The van der Waals surface area contributed by atoms with Gasteiger partial charge in [0, 0.05) is 25.7 Å². The molecule has 18 nitrogen and oxygen atoms in total. The quantitative estimate of drug-likeness (QED) is 0.0465. The van der Waals surface area contributed by atoms with E-state index in [-0.39, 0.29) is 37.2 Å². The molecule has 2 aliphatic rings. The number of amides is 5. The summed E-state index contributed by atoms with van der Waals surface area (Å²) in [5, 5.41) is 25.6. The van der Waals surface area contributed by atoms with Gasteiger partial charge in [-0.1, -0.05) is 13.0 Å². The minimum Gasteiger partial charge on any atom is -0.480 e. The van der Waals surface area contributed by atoms with Crippen LogP contribution in [0.1, 0.15) is 59.3 Å². The van der Waals surface area contributed by atoms with Gasteiger partial charge in [0.15, 0.2) is 12.0 Å². The summed E-state index contributed by atoms with van der Waals surface area (Å²) in [7, 11) is 0. The number of likely N-dealkylation sites (tertiary alicyclic amines) is 2. The van der Waals surface area contributed by atoms with E-state index in [1.54, 1.807) is 13.8 Å². The summed E-state index contributed by atoms with van der Waals surface area (Å²) in [5.74, 6) is -5.03. The van der Waals surface area contributed by atoms with Gasteiger partial charge in [0.1, 0.15) is 23.8 Å². The molecule has 264 valence electrons. The second-order valence-electron chi connectivity index (χ2n) is 11.9. The zero-order valence-electron chi connectivity index (χ0n) is 27.2. The molecule has 0 aliphatic carbocycles. The molecule has 0 unspecified atom stereocenters. The van der Waals surface area contributed by atoms with Crippen molar-refractivity contribution in [2.75, 3.05) is 26.2 Å². The fraction of sp³-hybridized carbons (Fsp3) is 0.690. The Morgan fingerprint density at radius 1 is 0.957 bits per heavy atom. The molecule has 0 saturated carbocycles. The number of aliphatic carboxylic acids is 1. The average Bonchev–Trinajstić information content (AvgIpc) is 3.53. The van der Waals surface area contributed by atoms with E-state index in [4.69, 9.17) is 28.0 Å². The smallest absolute Gasteiger partial charge is 0.328 e. The fourth-order valence-electron chi connectivity index (χ4n) is 5.53. The number of allylic oxidation sites excluding steroid dienone is 1. The summed E-state index contributed by atoms with van der Waals surface area (Å²) in [5.41, 5.74) is 22.8. The Morgan fingerprint density at radius 3 is 2.17 bits per heavy atom. The van der Waals surface area contributed by atoms with Crippen molar-refractivity contribution >= 4 is 41.5 Å². The van der Waals surface area contributed by atoms with Crippen LogP contribution < -0.4 is 38.9 Å². The van der Waals surface area contributed by atoms with Crippen molar-refractivity contribution in [2.24, 2.45) is 33.8 Å². The van der Waals surface area contributed by atoms with Gasteiger partial charge in [-0.25, -0.2) is 4.79 Å². The van der Waals surface area contributed by atoms with Crippen LogP contribution in [0.3, 0.4) is 0 Å².